The number of piperazine rings is 1. The molecular formula is C28H40N6O2. The number of hydrogen-bond acceptors (Lipinski definition) is 5. The maximum absolute atomic E-state index is 12.6. The van der Waals surface area contributed by atoms with Crippen molar-refractivity contribution in [2.24, 2.45) is 0 Å². The molecule has 0 radical (unpaired) electrons. The summed E-state index contributed by atoms with van der Waals surface area (Å²) >= 11 is 0. The van der Waals surface area contributed by atoms with E-state index in [2.05, 4.69) is 20.2 Å². The molecule has 1 saturated heterocycles. The highest BCUT2D eigenvalue weighted by molar-refractivity contribution is 5.95. The summed E-state index contributed by atoms with van der Waals surface area (Å²) in [6.45, 7) is 9.46. The molecule has 3 heterocycles. The highest BCUT2D eigenvalue weighted by Crippen LogP contribution is 2.25. The average Bonchev–Trinajstić information content (AvgIpc) is 3.30. The highest BCUT2D eigenvalue weighted by atomic mass is 16.2. The molecule has 8 nitrogen and oxygen atoms in total. The van der Waals surface area contributed by atoms with Crippen LogP contribution < -0.4 is 10.2 Å². The van der Waals surface area contributed by atoms with Crippen LogP contribution in [0.1, 0.15) is 66.6 Å². The maximum Gasteiger partial charge on any atom is 0.251 e. The Hall–Kier alpha value is -2.71. The molecule has 0 bridgehead atoms. The van der Waals surface area contributed by atoms with Gasteiger partial charge in [0.25, 0.3) is 5.91 Å². The molecule has 2 amide bonds. The lowest BCUT2D eigenvalue weighted by atomic mass is 9.94. The summed E-state index contributed by atoms with van der Waals surface area (Å²) in [5.41, 5.74) is 2.57. The summed E-state index contributed by atoms with van der Waals surface area (Å²) in [5.74, 6) is 0.923. The second kappa shape index (κ2) is 11.6. The van der Waals surface area contributed by atoms with Gasteiger partial charge in [0.15, 0.2) is 0 Å². The van der Waals surface area contributed by atoms with Gasteiger partial charge in [-0.15, -0.1) is 0 Å². The Morgan fingerprint density at radius 2 is 1.78 bits per heavy atom. The second-order valence-corrected chi connectivity index (χ2v) is 10.6. The van der Waals surface area contributed by atoms with E-state index in [0.717, 1.165) is 49.2 Å². The van der Waals surface area contributed by atoms with E-state index < -0.39 is 0 Å². The van der Waals surface area contributed by atoms with Crippen molar-refractivity contribution < 1.29 is 9.59 Å². The number of nitrogens with one attached hydrogen (secondary N) is 1. The van der Waals surface area contributed by atoms with Gasteiger partial charge < -0.3 is 10.2 Å². The highest BCUT2D eigenvalue weighted by Gasteiger charge is 2.26. The van der Waals surface area contributed by atoms with Crippen LogP contribution in [0, 0.1) is 6.92 Å². The minimum atomic E-state index is -0.0357. The fourth-order valence-electron chi connectivity index (χ4n) is 5.90. The number of rotatable bonds is 8. The monoisotopic (exact) mass is 492 g/mol. The SMILES string of the molecule is Cc1cc2n(n1)CCC(=O)N2Cc1ccc(C(=O)NCCCN2CCN(C3CCCCC3)CC2)cc1. The number of nitrogens with zero attached hydrogens (tertiary/aromatic N) is 5. The zero-order valence-electron chi connectivity index (χ0n) is 21.6. The molecule has 1 aliphatic carbocycles. The molecule has 2 aliphatic heterocycles. The Morgan fingerprint density at radius 1 is 1.03 bits per heavy atom. The number of carbonyl (C=O) groups is 2. The number of anilines is 1. The van der Waals surface area contributed by atoms with Gasteiger partial charge in [0.1, 0.15) is 5.82 Å². The smallest absolute Gasteiger partial charge is 0.251 e. The maximum atomic E-state index is 12.6. The third kappa shape index (κ3) is 5.98. The van der Waals surface area contributed by atoms with Crippen LogP contribution in [0.4, 0.5) is 5.82 Å². The zero-order chi connectivity index (χ0) is 24.9. The number of hydrogen-bond donors (Lipinski definition) is 1. The van der Waals surface area contributed by atoms with Gasteiger partial charge in [0.05, 0.1) is 18.8 Å². The van der Waals surface area contributed by atoms with Crippen molar-refractivity contribution in [2.75, 3.05) is 44.2 Å². The number of aryl methyl sites for hydroxylation is 2. The largest absolute Gasteiger partial charge is 0.352 e. The molecule has 194 valence electrons. The number of carbonyl (C=O) groups excluding carboxylic acids is 2. The van der Waals surface area contributed by atoms with Gasteiger partial charge in [0, 0.05) is 56.8 Å². The Morgan fingerprint density at radius 3 is 2.53 bits per heavy atom. The lowest BCUT2D eigenvalue weighted by Crippen LogP contribution is -2.51. The van der Waals surface area contributed by atoms with Gasteiger partial charge in [-0.2, -0.15) is 5.10 Å². The van der Waals surface area contributed by atoms with Crippen molar-refractivity contribution in [3.05, 3.63) is 47.2 Å². The van der Waals surface area contributed by atoms with Gasteiger partial charge in [-0.25, -0.2) is 4.68 Å². The molecule has 0 spiro atoms. The van der Waals surface area contributed by atoms with Crippen molar-refractivity contribution in [1.82, 2.24) is 24.9 Å². The van der Waals surface area contributed by atoms with E-state index >= 15 is 0 Å². The molecule has 0 atom stereocenters. The first-order valence-electron chi connectivity index (χ1n) is 13.8. The van der Waals surface area contributed by atoms with E-state index in [-0.39, 0.29) is 11.8 Å². The van der Waals surface area contributed by atoms with Crippen LogP contribution in [0.25, 0.3) is 0 Å². The topological polar surface area (TPSA) is 73.7 Å². The number of benzene rings is 1. The van der Waals surface area contributed by atoms with E-state index in [1.54, 1.807) is 4.90 Å². The van der Waals surface area contributed by atoms with Gasteiger partial charge in [-0.1, -0.05) is 31.4 Å². The van der Waals surface area contributed by atoms with Crippen LogP contribution >= 0.6 is 0 Å². The summed E-state index contributed by atoms with van der Waals surface area (Å²) in [6, 6.07) is 10.4. The fraction of sp³-hybridized carbons (Fsp3) is 0.607. The van der Waals surface area contributed by atoms with Crippen LogP contribution in [0.5, 0.6) is 0 Å². The first kappa shape index (κ1) is 25.0. The summed E-state index contributed by atoms with van der Waals surface area (Å²) < 4.78 is 1.90. The van der Waals surface area contributed by atoms with Crippen LogP contribution in [0.2, 0.25) is 0 Å². The predicted octanol–water partition coefficient (Wildman–Crippen LogP) is 3.20. The molecule has 8 heteroatoms. The number of aromatic nitrogens is 2. The van der Waals surface area contributed by atoms with Crippen molar-refractivity contribution in [1.29, 1.82) is 0 Å². The molecule has 3 aliphatic rings. The van der Waals surface area contributed by atoms with Crippen molar-refractivity contribution in [3.63, 3.8) is 0 Å². The molecule has 2 aromatic rings. The Bertz CT molecular complexity index is 1030. The summed E-state index contributed by atoms with van der Waals surface area (Å²) in [5, 5.41) is 7.54. The molecular weight excluding hydrogens is 452 g/mol. The summed E-state index contributed by atoms with van der Waals surface area (Å²) in [7, 11) is 0. The molecule has 5 rings (SSSR count). The normalized spacial score (nSPS) is 19.9. The van der Waals surface area contributed by atoms with E-state index in [1.165, 1.54) is 45.2 Å². The first-order chi connectivity index (χ1) is 17.6. The van der Waals surface area contributed by atoms with Crippen LogP contribution in [0.3, 0.4) is 0 Å². The minimum Gasteiger partial charge on any atom is -0.352 e. The van der Waals surface area contributed by atoms with Crippen molar-refractivity contribution in [3.8, 4) is 0 Å². The zero-order valence-corrected chi connectivity index (χ0v) is 21.6. The van der Waals surface area contributed by atoms with E-state index in [1.807, 2.05) is 41.9 Å². The van der Waals surface area contributed by atoms with E-state index in [4.69, 9.17) is 0 Å². The molecule has 1 saturated carbocycles. The minimum absolute atomic E-state index is 0.0357. The molecule has 0 unspecified atom stereocenters. The van der Waals surface area contributed by atoms with E-state index in [9.17, 15) is 9.59 Å². The predicted molar refractivity (Wildman–Crippen MR) is 141 cm³/mol. The van der Waals surface area contributed by atoms with Gasteiger partial charge in [-0.05, 0) is 50.4 Å². The van der Waals surface area contributed by atoms with Gasteiger partial charge in [0.2, 0.25) is 5.91 Å². The molecule has 1 aromatic carbocycles. The average molecular weight is 493 g/mol. The second-order valence-electron chi connectivity index (χ2n) is 10.6. The molecule has 1 N–H and O–H groups in total. The van der Waals surface area contributed by atoms with Crippen LogP contribution in [0.15, 0.2) is 30.3 Å². The Kier molecular flexibility index (Phi) is 8.02. The lowest BCUT2D eigenvalue weighted by Gasteiger charge is -2.40. The third-order valence-electron chi connectivity index (χ3n) is 7.99. The van der Waals surface area contributed by atoms with Crippen LogP contribution in [-0.2, 0) is 17.9 Å². The number of fused-ring (bicyclic) bond motifs is 1. The van der Waals surface area contributed by atoms with E-state index in [0.29, 0.717) is 31.6 Å². The standard InChI is InChI=1S/C28H40N6O2/c1-22-20-26-33(27(35)12-15-34(26)30-22)21-23-8-10-24(11-9-23)28(36)29-13-5-14-31-16-18-32(19-17-31)25-6-3-2-4-7-25/h8-11,20,25H,2-7,12-19,21H2,1H3,(H,29,36). The van der Waals surface area contributed by atoms with Crippen molar-refractivity contribution in [2.45, 2.75) is 71.0 Å². The fourth-order valence-corrected chi connectivity index (χ4v) is 5.90. The molecule has 36 heavy (non-hydrogen) atoms. The van der Waals surface area contributed by atoms with Crippen LogP contribution in [-0.4, -0.2) is 76.7 Å². The summed E-state index contributed by atoms with van der Waals surface area (Å²) in [6.07, 6.45) is 8.42. The Labute approximate surface area is 214 Å². The van der Waals surface area contributed by atoms with Gasteiger partial charge >= 0.3 is 0 Å². The Balaban J connectivity index is 1.03. The summed E-state index contributed by atoms with van der Waals surface area (Å²) in [4.78, 5) is 32.2. The van der Waals surface area contributed by atoms with Crippen molar-refractivity contribution >= 4 is 17.6 Å². The quantitative estimate of drug-likeness (QED) is 0.573. The third-order valence-corrected chi connectivity index (χ3v) is 7.99. The lowest BCUT2D eigenvalue weighted by molar-refractivity contribution is -0.119. The van der Waals surface area contributed by atoms with Gasteiger partial charge in [-0.3, -0.25) is 19.4 Å². The number of amides is 2. The first-order valence-corrected chi connectivity index (χ1v) is 13.8. The molecule has 1 aromatic heterocycles. The molecule has 2 fully saturated rings.